The average Bonchev–Trinajstić information content (AvgIpc) is 2.18. The molecule has 0 bridgehead atoms. The van der Waals surface area contributed by atoms with Gasteiger partial charge in [-0.15, -0.1) is 0 Å². The lowest BCUT2D eigenvalue weighted by Crippen LogP contribution is -2.31. The monoisotopic (exact) mass is 220 g/mol. The SMILES string of the molecule is Cc1ccccc1C(CC1COC1)C(=O)O. The molecule has 2 rings (SSSR count). The number of aryl methyl sites for hydroxylation is 1. The van der Waals surface area contributed by atoms with Crippen molar-refractivity contribution in [3.63, 3.8) is 0 Å². The second-order valence-electron chi connectivity index (χ2n) is 4.39. The molecule has 1 unspecified atom stereocenters. The summed E-state index contributed by atoms with van der Waals surface area (Å²) in [4.78, 5) is 11.3. The number of rotatable bonds is 4. The molecule has 1 fully saturated rings. The van der Waals surface area contributed by atoms with Crippen molar-refractivity contribution in [1.82, 2.24) is 0 Å². The van der Waals surface area contributed by atoms with Crippen LogP contribution in [0, 0.1) is 12.8 Å². The van der Waals surface area contributed by atoms with Crippen LogP contribution in [0.15, 0.2) is 24.3 Å². The Bertz CT molecular complexity index is 383. The molecule has 3 nitrogen and oxygen atoms in total. The van der Waals surface area contributed by atoms with Gasteiger partial charge in [-0.05, 0) is 24.5 Å². The van der Waals surface area contributed by atoms with Crippen LogP contribution in [0.25, 0.3) is 0 Å². The molecular weight excluding hydrogens is 204 g/mol. The van der Waals surface area contributed by atoms with Crippen LogP contribution in [0.3, 0.4) is 0 Å². The fraction of sp³-hybridized carbons (Fsp3) is 0.462. The number of ether oxygens (including phenoxy) is 1. The summed E-state index contributed by atoms with van der Waals surface area (Å²) in [5, 5.41) is 9.28. The van der Waals surface area contributed by atoms with Gasteiger partial charge in [0, 0.05) is 5.92 Å². The molecule has 1 aromatic rings. The number of hydrogen-bond acceptors (Lipinski definition) is 2. The molecule has 0 aliphatic carbocycles. The zero-order valence-electron chi connectivity index (χ0n) is 9.35. The van der Waals surface area contributed by atoms with Gasteiger partial charge in [0.25, 0.3) is 0 Å². The molecule has 1 aliphatic heterocycles. The molecule has 1 N–H and O–H groups in total. The third kappa shape index (κ3) is 2.25. The van der Waals surface area contributed by atoms with Crippen molar-refractivity contribution in [2.45, 2.75) is 19.3 Å². The van der Waals surface area contributed by atoms with Crippen LogP contribution in [0.5, 0.6) is 0 Å². The molecule has 3 heteroatoms. The zero-order chi connectivity index (χ0) is 11.5. The lowest BCUT2D eigenvalue weighted by atomic mass is 9.86. The smallest absolute Gasteiger partial charge is 0.310 e. The van der Waals surface area contributed by atoms with E-state index in [-0.39, 0.29) is 0 Å². The molecule has 0 spiro atoms. The molecule has 0 aromatic heterocycles. The van der Waals surface area contributed by atoms with Crippen LogP contribution >= 0.6 is 0 Å². The minimum absolute atomic E-state index is 0.393. The van der Waals surface area contributed by atoms with Gasteiger partial charge in [-0.3, -0.25) is 4.79 Å². The maximum atomic E-state index is 11.3. The molecule has 16 heavy (non-hydrogen) atoms. The molecule has 0 saturated carbocycles. The Morgan fingerprint density at radius 2 is 2.19 bits per heavy atom. The van der Waals surface area contributed by atoms with Crippen molar-refractivity contribution < 1.29 is 14.6 Å². The van der Waals surface area contributed by atoms with Gasteiger partial charge in [0.1, 0.15) is 0 Å². The van der Waals surface area contributed by atoms with E-state index in [0.29, 0.717) is 25.6 Å². The molecule has 0 radical (unpaired) electrons. The van der Waals surface area contributed by atoms with E-state index in [0.717, 1.165) is 11.1 Å². The van der Waals surface area contributed by atoms with Gasteiger partial charge < -0.3 is 9.84 Å². The van der Waals surface area contributed by atoms with Gasteiger partial charge in [-0.2, -0.15) is 0 Å². The molecule has 1 saturated heterocycles. The summed E-state index contributed by atoms with van der Waals surface area (Å²) in [5.41, 5.74) is 1.98. The number of carboxylic acid groups (broad SMARTS) is 1. The van der Waals surface area contributed by atoms with Crippen molar-refractivity contribution in [3.8, 4) is 0 Å². The average molecular weight is 220 g/mol. The first-order valence-electron chi connectivity index (χ1n) is 5.54. The second-order valence-corrected chi connectivity index (χ2v) is 4.39. The maximum absolute atomic E-state index is 11.3. The standard InChI is InChI=1S/C13H16O3/c1-9-4-2-3-5-11(9)12(13(14)15)6-10-7-16-8-10/h2-5,10,12H,6-8H2,1H3,(H,14,15). The summed E-state index contributed by atoms with van der Waals surface area (Å²) >= 11 is 0. The molecule has 86 valence electrons. The number of benzene rings is 1. The van der Waals surface area contributed by atoms with Crippen molar-refractivity contribution in [1.29, 1.82) is 0 Å². The highest BCUT2D eigenvalue weighted by atomic mass is 16.5. The van der Waals surface area contributed by atoms with Gasteiger partial charge in [0.2, 0.25) is 0 Å². The predicted molar refractivity (Wildman–Crippen MR) is 60.5 cm³/mol. The fourth-order valence-corrected chi connectivity index (χ4v) is 2.09. The first kappa shape index (κ1) is 11.1. The Morgan fingerprint density at radius 1 is 1.50 bits per heavy atom. The van der Waals surface area contributed by atoms with Crippen LogP contribution in [0.2, 0.25) is 0 Å². The fourth-order valence-electron chi connectivity index (χ4n) is 2.09. The molecule has 1 heterocycles. The summed E-state index contributed by atoms with van der Waals surface area (Å²) in [6.45, 7) is 3.37. The minimum Gasteiger partial charge on any atom is -0.481 e. The Balaban J connectivity index is 2.18. The Labute approximate surface area is 95.0 Å². The summed E-state index contributed by atoms with van der Waals surface area (Å²) in [6, 6.07) is 7.70. The summed E-state index contributed by atoms with van der Waals surface area (Å²) in [6.07, 6.45) is 0.681. The highest BCUT2D eigenvalue weighted by molar-refractivity contribution is 5.76. The van der Waals surface area contributed by atoms with Crippen molar-refractivity contribution in [3.05, 3.63) is 35.4 Å². The predicted octanol–water partition coefficient (Wildman–Crippen LogP) is 2.20. The number of carbonyl (C=O) groups is 1. The van der Waals surface area contributed by atoms with Crippen molar-refractivity contribution >= 4 is 5.97 Å². The van der Waals surface area contributed by atoms with E-state index < -0.39 is 11.9 Å². The van der Waals surface area contributed by atoms with Gasteiger partial charge in [0.05, 0.1) is 19.1 Å². The quantitative estimate of drug-likeness (QED) is 0.846. The van der Waals surface area contributed by atoms with E-state index in [4.69, 9.17) is 4.74 Å². The van der Waals surface area contributed by atoms with E-state index >= 15 is 0 Å². The highest BCUT2D eigenvalue weighted by Gasteiger charge is 2.28. The Kier molecular flexibility index (Phi) is 3.25. The molecule has 1 aliphatic rings. The molecule has 0 amide bonds. The van der Waals surface area contributed by atoms with Crippen LogP contribution in [0.4, 0.5) is 0 Å². The van der Waals surface area contributed by atoms with Gasteiger partial charge >= 0.3 is 5.97 Å². The lowest BCUT2D eigenvalue weighted by molar-refractivity contribution is -0.140. The summed E-state index contributed by atoms with van der Waals surface area (Å²) in [5.74, 6) is -0.725. The number of hydrogen-bond donors (Lipinski definition) is 1. The lowest BCUT2D eigenvalue weighted by Gasteiger charge is -2.28. The normalized spacial score (nSPS) is 17.8. The van der Waals surface area contributed by atoms with Crippen LogP contribution < -0.4 is 0 Å². The number of carboxylic acids is 1. The van der Waals surface area contributed by atoms with Gasteiger partial charge in [0.15, 0.2) is 0 Å². The Morgan fingerprint density at radius 3 is 2.69 bits per heavy atom. The van der Waals surface area contributed by atoms with Crippen molar-refractivity contribution in [2.75, 3.05) is 13.2 Å². The topological polar surface area (TPSA) is 46.5 Å². The van der Waals surface area contributed by atoms with E-state index in [1.165, 1.54) is 0 Å². The third-order valence-electron chi connectivity index (χ3n) is 3.14. The second kappa shape index (κ2) is 4.66. The van der Waals surface area contributed by atoms with Crippen LogP contribution in [-0.2, 0) is 9.53 Å². The van der Waals surface area contributed by atoms with Gasteiger partial charge in [-0.1, -0.05) is 24.3 Å². The van der Waals surface area contributed by atoms with Crippen LogP contribution in [-0.4, -0.2) is 24.3 Å². The maximum Gasteiger partial charge on any atom is 0.310 e. The summed E-state index contributed by atoms with van der Waals surface area (Å²) < 4.78 is 5.09. The minimum atomic E-state index is -0.735. The van der Waals surface area contributed by atoms with E-state index in [1.807, 2.05) is 31.2 Å². The third-order valence-corrected chi connectivity index (χ3v) is 3.14. The Hall–Kier alpha value is -1.35. The van der Waals surface area contributed by atoms with E-state index in [2.05, 4.69) is 0 Å². The van der Waals surface area contributed by atoms with E-state index in [1.54, 1.807) is 0 Å². The van der Waals surface area contributed by atoms with Crippen molar-refractivity contribution in [2.24, 2.45) is 5.92 Å². The summed E-state index contributed by atoms with van der Waals surface area (Å²) in [7, 11) is 0. The van der Waals surface area contributed by atoms with E-state index in [9.17, 15) is 9.90 Å². The van der Waals surface area contributed by atoms with Crippen LogP contribution in [0.1, 0.15) is 23.5 Å². The zero-order valence-corrected chi connectivity index (χ0v) is 9.35. The molecule has 1 aromatic carbocycles. The highest BCUT2D eigenvalue weighted by Crippen LogP contribution is 2.29. The molecule has 1 atom stereocenters. The molecular formula is C13H16O3. The number of aliphatic carboxylic acids is 1. The first-order chi connectivity index (χ1) is 7.68. The van der Waals surface area contributed by atoms with Gasteiger partial charge in [-0.25, -0.2) is 0 Å². The first-order valence-corrected chi connectivity index (χ1v) is 5.54. The largest absolute Gasteiger partial charge is 0.481 e.